The largest absolute Gasteiger partial charge is 0.497 e. The number of H-pyrrole nitrogens is 1. The number of nitrogens with one attached hydrogen (secondary N) is 1. The minimum absolute atomic E-state index is 0.0664. The molecule has 38 heavy (non-hydrogen) atoms. The average Bonchev–Trinajstić information content (AvgIpc) is 3.62. The summed E-state index contributed by atoms with van der Waals surface area (Å²) in [5.74, 6) is 1.37. The first-order chi connectivity index (χ1) is 18.6. The van der Waals surface area contributed by atoms with Crippen molar-refractivity contribution in [3.8, 4) is 5.75 Å². The zero-order chi connectivity index (χ0) is 26.1. The molecular weight excluding hydrogens is 506 g/mol. The molecule has 198 valence electrons. The van der Waals surface area contributed by atoms with Gasteiger partial charge in [-0.2, -0.15) is 0 Å². The zero-order valence-electron chi connectivity index (χ0n) is 21.2. The molecule has 6 rings (SSSR count). The van der Waals surface area contributed by atoms with Gasteiger partial charge in [0.05, 0.1) is 19.8 Å². The van der Waals surface area contributed by atoms with E-state index in [2.05, 4.69) is 36.4 Å². The molecule has 2 aromatic heterocycles. The number of nitrogens with zero attached hydrogens (tertiary/aromatic N) is 6. The van der Waals surface area contributed by atoms with Crippen LogP contribution in [0.1, 0.15) is 30.3 Å². The summed E-state index contributed by atoms with van der Waals surface area (Å²) in [5.41, 5.74) is 2.29. The van der Waals surface area contributed by atoms with E-state index in [9.17, 15) is 4.79 Å². The van der Waals surface area contributed by atoms with Crippen LogP contribution in [0.4, 0.5) is 5.69 Å². The number of aromatic amines is 1. The Hall–Kier alpha value is -3.47. The molecule has 0 bridgehead atoms. The number of hydrogen-bond donors (Lipinski definition) is 1. The highest BCUT2D eigenvalue weighted by atomic mass is 35.5. The molecule has 4 heterocycles. The van der Waals surface area contributed by atoms with Gasteiger partial charge in [0.1, 0.15) is 11.8 Å². The molecule has 10 nitrogen and oxygen atoms in total. The van der Waals surface area contributed by atoms with E-state index in [1.54, 1.807) is 11.8 Å². The number of benzene rings is 2. The van der Waals surface area contributed by atoms with E-state index in [0.717, 1.165) is 68.0 Å². The van der Waals surface area contributed by atoms with Crippen molar-refractivity contribution in [2.45, 2.75) is 31.5 Å². The molecule has 0 radical (unpaired) electrons. The molecule has 0 spiro atoms. The second-order valence-electron chi connectivity index (χ2n) is 9.77. The predicted molar refractivity (Wildman–Crippen MR) is 145 cm³/mol. The summed E-state index contributed by atoms with van der Waals surface area (Å²) < 4.78 is 13.1. The summed E-state index contributed by atoms with van der Waals surface area (Å²) in [6.45, 7) is 4.32. The van der Waals surface area contributed by atoms with Crippen LogP contribution in [0.2, 0.25) is 5.02 Å². The molecule has 2 fully saturated rings. The minimum Gasteiger partial charge on any atom is -0.497 e. The second-order valence-corrected chi connectivity index (χ2v) is 10.2. The Bertz CT molecular complexity index is 1480. The zero-order valence-corrected chi connectivity index (χ0v) is 22.0. The number of halogens is 1. The molecule has 2 aliphatic rings. The van der Waals surface area contributed by atoms with Crippen LogP contribution in [0.5, 0.6) is 5.75 Å². The fourth-order valence-corrected chi connectivity index (χ4v) is 5.65. The highest BCUT2D eigenvalue weighted by molar-refractivity contribution is 6.30. The minimum atomic E-state index is -0.424. The van der Waals surface area contributed by atoms with E-state index in [4.69, 9.17) is 21.1 Å². The Kier molecular flexibility index (Phi) is 7.01. The first-order valence-corrected chi connectivity index (χ1v) is 13.3. The van der Waals surface area contributed by atoms with Crippen LogP contribution in [0.3, 0.4) is 0 Å². The van der Waals surface area contributed by atoms with Crippen molar-refractivity contribution >= 4 is 28.2 Å². The molecule has 2 aliphatic heterocycles. The van der Waals surface area contributed by atoms with Crippen molar-refractivity contribution in [2.24, 2.45) is 0 Å². The molecule has 0 aliphatic carbocycles. The summed E-state index contributed by atoms with van der Waals surface area (Å²) in [6.07, 6.45) is 2.07. The lowest BCUT2D eigenvalue weighted by molar-refractivity contribution is 0.0906. The third-order valence-electron chi connectivity index (χ3n) is 7.43. The van der Waals surface area contributed by atoms with Gasteiger partial charge < -0.3 is 19.4 Å². The van der Waals surface area contributed by atoms with E-state index in [0.29, 0.717) is 23.0 Å². The fourth-order valence-electron chi connectivity index (χ4n) is 5.46. The molecule has 2 aromatic carbocycles. The van der Waals surface area contributed by atoms with Crippen molar-refractivity contribution in [3.05, 3.63) is 75.3 Å². The van der Waals surface area contributed by atoms with Crippen LogP contribution in [0.15, 0.2) is 53.3 Å². The molecule has 0 saturated carbocycles. The van der Waals surface area contributed by atoms with E-state index in [-0.39, 0.29) is 11.7 Å². The van der Waals surface area contributed by atoms with Gasteiger partial charge in [-0.1, -0.05) is 17.7 Å². The lowest BCUT2D eigenvalue weighted by Gasteiger charge is -2.39. The fraction of sp³-hybridized carbons (Fsp3) is 0.407. The van der Waals surface area contributed by atoms with Gasteiger partial charge in [0.15, 0.2) is 5.82 Å². The summed E-state index contributed by atoms with van der Waals surface area (Å²) in [6, 6.07) is 15.1. The molecule has 0 amide bonds. The van der Waals surface area contributed by atoms with Gasteiger partial charge in [0.2, 0.25) is 0 Å². The average molecular weight is 536 g/mol. The van der Waals surface area contributed by atoms with Crippen LogP contribution in [0, 0.1) is 0 Å². The van der Waals surface area contributed by atoms with Gasteiger partial charge in [0.25, 0.3) is 5.56 Å². The number of rotatable bonds is 7. The number of tetrazole rings is 1. The maximum atomic E-state index is 13.5. The van der Waals surface area contributed by atoms with Crippen molar-refractivity contribution in [1.82, 2.24) is 30.1 Å². The van der Waals surface area contributed by atoms with Gasteiger partial charge in [-0.15, -0.1) is 5.10 Å². The lowest BCUT2D eigenvalue weighted by atomic mass is 10.0. The summed E-state index contributed by atoms with van der Waals surface area (Å²) in [4.78, 5) is 21.2. The topological polar surface area (TPSA) is 101 Å². The maximum absolute atomic E-state index is 13.5. The van der Waals surface area contributed by atoms with Crippen LogP contribution in [0.25, 0.3) is 10.9 Å². The second kappa shape index (κ2) is 10.7. The van der Waals surface area contributed by atoms with Crippen molar-refractivity contribution in [1.29, 1.82) is 0 Å². The Morgan fingerprint density at radius 2 is 2.03 bits per heavy atom. The SMILES string of the molecule is COc1ccc2[nH]c(=O)c([C@@H](c3nnnn3C[C@@H]3CCCO3)N3CCN(c4cccc(Cl)c4)CC3)cc2c1. The van der Waals surface area contributed by atoms with E-state index in [1.165, 1.54) is 0 Å². The monoisotopic (exact) mass is 535 g/mol. The lowest BCUT2D eigenvalue weighted by Crippen LogP contribution is -2.49. The molecule has 4 aromatic rings. The van der Waals surface area contributed by atoms with Crippen LogP contribution in [-0.2, 0) is 11.3 Å². The molecule has 2 atom stereocenters. The number of ether oxygens (including phenoxy) is 2. The maximum Gasteiger partial charge on any atom is 0.253 e. The van der Waals surface area contributed by atoms with Gasteiger partial charge in [-0.25, -0.2) is 4.68 Å². The third kappa shape index (κ3) is 4.99. The number of aromatic nitrogens is 5. The Morgan fingerprint density at radius 1 is 1.16 bits per heavy atom. The molecular formula is C27H30ClN7O3. The first kappa shape index (κ1) is 24.8. The van der Waals surface area contributed by atoms with Gasteiger partial charge in [-0.05, 0) is 65.7 Å². The molecule has 11 heteroatoms. The van der Waals surface area contributed by atoms with Gasteiger partial charge in [0, 0.05) is 60.0 Å². The van der Waals surface area contributed by atoms with Crippen LogP contribution >= 0.6 is 11.6 Å². The summed E-state index contributed by atoms with van der Waals surface area (Å²) in [7, 11) is 1.63. The standard InChI is InChI=1S/C27H30ClN7O3/c1-37-21-7-8-24-18(14-21)15-23(27(36)29-24)25(26-30-31-32-35(26)17-22-6-3-13-38-22)34-11-9-33(10-12-34)20-5-2-4-19(28)16-20/h2,4-5,7-8,14-16,22,25H,3,6,9-13,17H2,1H3,(H,29,36)/t22-,25-/m0/s1. The van der Waals surface area contributed by atoms with Crippen molar-refractivity contribution in [2.75, 3.05) is 44.8 Å². The molecule has 0 unspecified atom stereocenters. The predicted octanol–water partition coefficient (Wildman–Crippen LogP) is 3.27. The quantitative estimate of drug-likeness (QED) is 0.385. The number of anilines is 1. The number of fused-ring (bicyclic) bond motifs is 1. The molecule has 2 saturated heterocycles. The highest BCUT2D eigenvalue weighted by Crippen LogP contribution is 2.30. The number of methoxy groups -OCH3 is 1. The van der Waals surface area contributed by atoms with Gasteiger partial charge in [-0.3, -0.25) is 9.69 Å². The normalized spacial score (nSPS) is 19.2. The number of hydrogen-bond acceptors (Lipinski definition) is 8. The Labute approximate surface area is 225 Å². The summed E-state index contributed by atoms with van der Waals surface area (Å²) >= 11 is 6.25. The van der Waals surface area contributed by atoms with E-state index < -0.39 is 6.04 Å². The van der Waals surface area contributed by atoms with E-state index >= 15 is 0 Å². The summed E-state index contributed by atoms with van der Waals surface area (Å²) in [5, 5.41) is 14.4. The Balaban J connectivity index is 1.37. The Morgan fingerprint density at radius 3 is 2.79 bits per heavy atom. The van der Waals surface area contributed by atoms with Gasteiger partial charge >= 0.3 is 0 Å². The number of pyridine rings is 1. The van der Waals surface area contributed by atoms with E-state index in [1.807, 2.05) is 42.5 Å². The first-order valence-electron chi connectivity index (χ1n) is 12.9. The van der Waals surface area contributed by atoms with Crippen LogP contribution < -0.4 is 15.2 Å². The van der Waals surface area contributed by atoms with Crippen molar-refractivity contribution < 1.29 is 9.47 Å². The third-order valence-corrected chi connectivity index (χ3v) is 7.67. The molecule has 1 N–H and O–H groups in total. The van der Waals surface area contributed by atoms with Crippen LogP contribution in [-0.4, -0.2) is 76.1 Å². The van der Waals surface area contributed by atoms with Crippen molar-refractivity contribution in [3.63, 3.8) is 0 Å². The number of piperazine rings is 1. The highest BCUT2D eigenvalue weighted by Gasteiger charge is 2.33. The smallest absolute Gasteiger partial charge is 0.253 e.